The van der Waals surface area contributed by atoms with Crippen molar-refractivity contribution in [2.24, 2.45) is 0 Å². The second-order valence-corrected chi connectivity index (χ2v) is 8.78. The van der Waals surface area contributed by atoms with Crippen LogP contribution in [0.4, 0.5) is 4.79 Å². The topological polar surface area (TPSA) is 160 Å². The zero-order valence-corrected chi connectivity index (χ0v) is 19.1. The molecule has 0 radical (unpaired) electrons. The minimum Gasteiger partial charge on any atom is -0.483 e. The zero-order chi connectivity index (χ0) is 25.0. The third kappa shape index (κ3) is 5.69. The summed E-state index contributed by atoms with van der Waals surface area (Å²) in [6.45, 7) is 4.95. The van der Waals surface area contributed by atoms with Crippen LogP contribution in [-0.2, 0) is 19.1 Å². The van der Waals surface area contributed by atoms with Gasteiger partial charge in [-0.15, -0.1) is 0 Å². The lowest BCUT2D eigenvalue weighted by atomic mass is 10.0. The van der Waals surface area contributed by atoms with Gasteiger partial charge in [0.05, 0.1) is 17.7 Å². The molecule has 2 aliphatic rings. The molecule has 34 heavy (non-hydrogen) atoms. The van der Waals surface area contributed by atoms with Crippen molar-refractivity contribution in [1.29, 1.82) is 0 Å². The van der Waals surface area contributed by atoms with Crippen LogP contribution in [0.2, 0.25) is 0 Å². The van der Waals surface area contributed by atoms with Gasteiger partial charge < -0.3 is 20.1 Å². The maximum atomic E-state index is 13.0. The van der Waals surface area contributed by atoms with Crippen LogP contribution in [-0.4, -0.2) is 71.9 Å². The van der Waals surface area contributed by atoms with Gasteiger partial charge in [-0.05, 0) is 39.3 Å². The Kier molecular flexibility index (Phi) is 7.18. The van der Waals surface area contributed by atoms with Crippen molar-refractivity contribution in [1.82, 2.24) is 20.9 Å². The summed E-state index contributed by atoms with van der Waals surface area (Å²) in [5.41, 5.74) is -0.449. The summed E-state index contributed by atoms with van der Waals surface area (Å²) in [5, 5.41) is 7.25. The standard InChI is InChI=1S/C22H26N4O8/c1-22(2,3)25-21(32)33-10-9-23-16(28)11-34-14-6-4-5-12-17(14)20(31)26(19(12)30)13-7-8-15(27)24-18(13)29/h4-6,13H,7-11H2,1-3H3,(H,23,28)(H,25,32)(H,24,27,29). The maximum absolute atomic E-state index is 13.0. The largest absolute Gasteiger partial charge is 0.483 e. The average molecular weight is 474 g/mol. The van der Waals surface area contributed by atoms with E-state index in [1.807, 2.05) is 0 Å². The molecule has 1 aromatic carbocycles. The summed E-state index contributed by atoms with van der Waals surface area (Å²) < 4.78 is 10.4. The van der Waals surface area contributed by atoms with Gasteiger partial charge in [-0.3, -0.25) is 34.2 Å². The molecule has 3 rings (SSSR count). The second-order valence-electron chi connectivity index (χ2n) is 8.78. The van der Waals surface area contributed by atoms with Crippen LogP contribution in [0.15, 0.2) is 18.2 Å². The van der Waals surface area contributed by atoms with E-state index in [9.17, 15) is 28.8 Å². The Hall–Kier alpha value is -3.96. The summed E-state index contributed by atoms with van der Waals surface area (Å²) in [4.78, 5) is 73.8. The molecule has 1 fully saturated rings. The number of piperidine rings is 1. The van der Waals surface area contributed by atoms with Crippen molar-refractivity contribution < 1.29 is 38.2 Å². The smallest absolute Gasteiger partial charge is 0.407 e. The number of nitrogens with one attached hydrogen (secondary N) is 3. The normalized spacial score (nSPS) is 17.7. The van der Waals surface area contributed by atoms with Crippen LogP contribution in [0.25, 0.3) is 0 Å². The molecule has 6 amide bonds. The van der Waals surface area contributed by atoms with Gasteiger partial charge in [0.1, 0.15) is 18.4 Å². The molecule has 182 valence electrons. The summed E-state index contributed by atoms with van der Waals surface area (Å²) >= 11 is 0. The summed E-state index contributed by atoms with van der Waals surface area (Å²) in [6.07, 6.45) is -0.568. The van der Waals surface area contributed by atoms with Crippen molar-refractivity contribution in [2.75, 3.05) is 19.8 Å². The SMILES string of the molecule is CC(C)(C)NC(=O)OCCNC(=O)COc1cccc2c1C(=O)N(C1CCC(=O)NC1=O)C2=O. The highest BCUT2D eigenvalue weighted by Gasteiger charge is 2.46. The Balaban J connectivity index is 1.56. The van der Waals surface area contributed by atoms with Gasteiger partial charge in [0.2, 0.25) is 11.8 Å². The van der Waals surface area contributed by atoms with E-state index in [0.29, 0.717) is 0 Å². The summed E-state index contributed by atoms with van der Waals surface area (Å²) in [7, 11) is 0. The van der Waals surface area contributed by atoms with Gasteiger partial charge in [-0.2, -0.15) is 0 Å². The van der Waals surface area contributed by atoms with Crippen molar-refractivity contribution in [2.45, 2.75) is 45.2 Å². The van der Waals surface area contributed by atoms with E-state index in [1.165, 1.54) is 18.2 Å². The lowest BCUT2D eigenvalue weighted by molar-refractivity contribution is -0.136. The molecule has 0 saturated carbocycles. The summed E-state index contributed by atoms with van der Waals surface area (Å²) in [6, 6.07) is 3.25. The molecule has 3 N–H and O–H groups in total. The van der Waals surface area contributed by atoms with E-state index in [0.717, 1.165) is 4.90 Å². The van der Waals surface area contributed by atoms with Gasteiger partial charge in [0.15, 0.2) is 6.61 Å². The highest BCUT2D eigenvalue weighted by Crippen LogP contribution is 2.33. The van der Waals surface area contributed by atoms with E-state index in [1.54, 1.807) is 20.8 Å². The van der Waals surface area contributed by atoms with Crippen LogP contribution in [0.3, 0.4) is 0 Å². The van der Waals surface area contributed by atoms with Crippen molar-refractivity contribution in [3.8, 4) is 5.75 Å². The molecule has 1 atom stereocenters. The van der Waals surface area contributed by atoms with E-state index in [4.69, 9.17) is 9.47 Å². The van der Waals surface area contributed by atoms with Gasteiger partial charge >= 0.3 is 6.09 Å². The van der Waals surface area contributed by atoms with E-state index in [2.05, 4.69) is 16.0 Å². The lowest BCUT2D eigenvalue weighted by Gasteiger charge is -2.27. The molecule has 12 heteroatoms. The highest BCUT2D eigenvalue weighted by atomic mass is 16.5. The summed E-state index contributed by atoms with van der Waals surface area (Å²) in [5.74, 6) is -3.10. The van der Waals surface area contributed by atoms with E-state index < -0.39 is 53.8 Å². The van der Waals surface area contributed by atoms with Crippen molar-refractivity contribution in [3.05, 3.63) is 29.3 Å². The molecule has 1 saturated heterocycles. The molecule has 2 aliphatic heterocycles. The fraction of sp³-hybridized carbons (Fsp3) is 0.455. The number of rotatable bonds is 7. The quantitative estimate of drug-likeness (QED) is 0.371. The molecular weight excluding hydrogens is 448 g/mol. The Bertz CT molecular complexity index is 1050. The van der Waals surface area contributed by atoms with Gasteiger partial charge in [0.25, 0.3) is 17.7 Å². The number of carbonyl (C=O) groups is 6. The second kappa shape index (κ2) is 9.89. The highest BCUT2D eigenvalue weighted by molar-refractivity contribution is 6.24. The lowest BCUT2D eigenvalue weighted by Crippen LogP contribution is -2.54. The minimum absolute atomic E-state index is 0.00885. The molecule has 0 aromatic heterocycles. The fourth-order valence-electron chi connectivity index (χ4n) is 3.48. The predicted octanol–water partition coefficient (Wildman–Crippen LogP) is 0.108. The van der Waals surface area contributed by atoms with E-state index >= 15 is 0 Å². The first-order valence-electron chi connectivity index (χ1n) is 10.7. The van der Waals surface area contributed by atoms with Crippen molar-refractivity contribution in [3.63, 3.8) is 0 Å². The molecule has 1 unspecified atom stereocenters. The minimum atomic E-state index is -1.10. The molecule has 2 heterocycles. The Labute approximate surface area is 195 Å². The first-order chi connectivity index (χ1) is 16.0. The number of fused-ring (bicyclic) bond motifs is 1. The van der Waals surface area contributed by atoms with E-state index in [-0.39, 0.29) is 42.9 Å². The number of imide groups is 2. The molecule has 12 nitrogen and oxygen atoms in total. The number of ether oxygens (including phenoxy) is 2. The number of hydrogen-bond acceptors (Lipinski definition) is 8. The molecular formula is C22H26N4O8. The van der Waals surface area contributed by atoms with Crippen LogP contribution in [0, 0.1) is 0 Å². The van der Waals surface area contributed by atoms with Gasteiger partial charge in [-0.25, -0.2) is 4.79 Å². The van der Waals surface area contributed by atoms with Gasteiger partial charge in [-0.1, -0.05) is 6.07 Å². The number of hydrogen-bond donors (Lipinski definition) is 3. The number of nitrogens with zero attached hydrogens (tertiary/aromatic N) is 1. The molecule has 0 aliphatic carbocycles. The Morgan fingerprint density at radius 3 is 2.56 bits per heavy atom. The Morgan fingerprint density at radius 1 is 1.15 bits per heavy atom. The van der Waals surface area contributed by atoms with Crippen molar-refractivity contribution >= 4 is 35.6 Å². The molecule has 1 aromatic rings. The number of alkyl carbamates (subject to hydrolysis) is 1. The third-order valence-corrected chi connectivity index (χ3v) is 4.92. The Morgan fingerprint density at radius 2 is 1.88 bits per heavy atom. The third-order valence-electron chi connectivity index (χ3n) is 4.92. The van der Waals surface area contributed by atoms with Crippen LogP contribution >= 0.6 is 0 Å². The van der Waals surface area contributed by atoms with Crippen LogP contribution < -0.4 is 20.7 Å². The maximum Gasteiger partial charge on any atom is 0.407 e. The average Bonchev–Trinajstić information content (AvgIpc) is 2.99. The monoisotopic (exact) mass is 474 g/mol. The number of carbonyl (C=O) groups excluding carboxylic acids is 6. The first-order valence-corrected chi connectivity index (χ1v) is 10.7. The fourth-order valence-corrected chi connectivity index (χ4v) is 3.48. The predicted molar refractivity (Wildman–Crippen MR) is 116 cm³/mol. The van der Waals surface area contributed by atoms with Crippen LogP contribution in [0.5, 0.6) is 5.75 Å². The van der Waals surface area contributed by atoms with Gasteiger partial charge in [0, 0.05) is 12.0 Å². The number of amides is 6. The molecule has 0 spiro atoms. The first kappa shape index (κ1) is 24.7. The van der Waals surface area contributed by atoms with Crippen LogP contribution in [0.1, 0.15) is 54.3 Å². The molecule has 0 bridgehead atoms. The number of benzene rings is 1. The zero-order valence-electron chi connectivity index (χ0n) is 19.1.